The van der Waals surface area contributed by atoms with Crippen molar-refractivity contribution in [1.29, 1.82) is 0 Å². The summed E-state index contributed by atoms with van der Waals surface area (Å²) in [6.45, 7) is 6.18. The van der Waals surface area contributed by atoms with E-state index in [1.807, 2.05) is 13.8 Å². The van der Waals surface area contributed by atoms with E-state index in [9.17, 15) is 9.18 Å². The summed E-state index contributed by atoms with van der Waals surface area (Å²) in [5.74, 6) is 0.00115. The molecule has 0 fully saturated rings. The smallest absolute Gasteiger partial charge is 0.315 e. The van der Waals surface area contributed by atoms with Gasteiger partial charge in [0, 0.05) is 12.6 Å². The van der Waals surface area contributed by atoms with Crippen LogP contribution >= 0.6 is 0 Å². The Morgan fingerprint density at radius 1 is 1.24 bits per heavy atom. The van der Waals surface area contributed by atoms with Crippen molar-refractivity contribution in [3.05, 3.63) is 35.6 Å². The summed E-state index contributed by atoms with van der Waals surface area (Å²) in [7, 11) is 0. The third-order valence-corrected chi connectivity index (χ3v) is 3.34. The van der Waals surface area contributed by atoms with Crippen molar-refractivity contribution in [1.82, 2.24) is 10.6 Å². The normalized spacial score (nSPS) is 13.8. The van der Waals surface area contributed by atoms with Gasteiger partial charge in [-0.15, -0.1) is 0 Å². The van der Waals surface area contributed by atoms with Gasteiger partial charge in [0.05, 0.1) is 6.10 Å². The van der Waals surface area contributed by atoms with Crippen molar-refractivity contribution in [2.45, 2.75) is 45.8 Å². The number of amides is 2. The van der Waals surface area contributed by atoms with Crippen LogP contribution in [0.3, 0.4) is 0 Å². The van der Waals surface area contributed by atoms with Gasteiger partial charge in [0.1, 0.15) is 5.82 Å². The fourth-order valence-electron chi connectivity index (χ4n) is 1.94. The second-order valence-corrected chi connectivity index (χ2v) is 5.72. The van der Waals surface area contributed by atoms with Crippen molar-refractivity contribution < 1.29 is 14.3 Å². The minimum atomic E-state index is -0.426. The molecule has 0 aliphatic rings. The lowest BCUT2D eigenvalue weighted by molar-refractivity contribution is 0.183. The van der Waals surface area contributed by atoms with E-state index in [0.29, 0.717) is 19.4 Å². The van der Waals surface area contributed by atoms with E-state index in [4.69, 9.17) is 5.11 Å². The van der Waals surface area contributed by atoms with Gasteiger partial charge in [-0.25, -0.2) is 9.18 Å². The molecule has 0 heterocycles. The first-order chi connectivity index (χ1) is 9.88. The third-order valence-electron chi connectivity index (χ3n) is 3.34. The van der Waals surface area contributed by atoms with Crippen LogP contribution in [0.1, 0.15) is 32.8 Å². The number of nitrogens with one attached hydrogen (secondary N) is 2. The Kier molecular flexibility index (Phi) is 7.15. The van der Waals surface area contributed by atoms with Crippen LogP contribution in [0.2, 0.25) is 0 Å². The predicted molar refractivity (Wildman–Crippen MR) is 81.6 cm³/mol. The number of halogens is 1. The van der Waals surface area contributed by atoms with Crippen LogP contribution in [0.5, 0.6) is 0 Å². The quantitative estimate of drug-likeness (QED) is 0.724. The van der Waals surface area contributed by atoms with E-state index < -0.39 is 6.10 Å². The highest BCUT2D eigenvalue weighted by Gasteiger charge is 2.16. The van der Waals surface area contributed by atoms with E-state index in [1.54, 1.807) is 19.1 Å². The molecule has 21 heavy (non-hydrogen) atoms. The Hall–Kier alpha value is -1.62. The number of aliphatic hydroxyl groups excluding tert-OH is 1. The fourth-order valence-corrected chi connectivity index (χ4v) is 1.94. The Morgan fingerprint density at radius 3 is 2.38 bits per heavy atom. The van der Waals surface area contributed by atoms with E-state index in [-0.39, 0.29) is 23.8 Å². The topological polar surface area (TPSA) is 61.4 Å². The molecule has 1 aromatic carbocycles. The van der Waals surface area contributed by atoms with Crippen molar-refractivity contribution in [3.63, 3.8) is 0 Å². The standard InChI is InChI=1S/C16H25FN2O2/c1-11(2)15(10-13-4-6-14(17)7-5-13)19-16(21)18-9-8-12(3)20/h4-7,11-12,15,20H,8-10H2,1-3H3,(H2,18,19,21). The molecule has 0 spiro atoms. The first-order valence-electron chi connectivity index (χ1n) is 7.35. The molecule has 0 saturated carbocycles. The minimum absolute atomic E-state index is 0.0259. The fraction of sp³-hybridized carbons (Fsp3) is 0.562. The molecule has 1 aromatic rings. The largest absolute Gasteiger partial charge is 0.393 e. The first kappa shape index (κ1) is 17.4. The van der Waals surface area contributed by atoms with E-state index in [2.05, 4.69) is 10.6 Å². The average Bonchev–Trinajstić information content (AvgIpc) is 2.40. The summed E-state index contributed by atoms with van der Waals surface area (Å²) in [6, 6.07) is 6.05. The van der Waals surface area contributed by atoms with Crippen molar-refractivity contribution in [2.75, 3.05) is 6.54 Å². The molecule has 2 atom stereocenters. The maximum atomic E-state index is 12.9. The summed E-state index contributed by atoms with van der Waals surface area (Å²) >= 11 is 0. The highest BCUT2D eigenvalue weighted by atomic mass is 19.1. The maximum Gasteiger partial charge on any atom is 0.315 e. The second kappa shape index (κ2) is 8.62. The summed E-state index contributed by atoms with van der Waals surface area (Å²) < 4.78 is 12.9. The van der Waals surface area contributed by atoms with Crippen LogP contribution in [0.15, 0.2) is 24.3 Å². The highest BCUT2D eigenvalue weighted by molar-refractivity contribution is 5.74. The van der Waals surface area contributed by atoms with Crippen LogP contribution in [0.4, 0.5) is 9.18 Å². The van der Waals surface area contributed by atoms with Gasteiger partial charge in [-0.2, -0.15) is 0 Å². The average molecular weight is 296 g/mol. The zero-order chi connectivity index (χ0) is 15.8. The number of urea groups is 1. The molecule has 0 radical (unpaired) electrons. The van der Waals surface area contributed by atoms with Gasteiger partial charge in [-0.1, -0.05) is 26.0 Å². The number of rotatable bonds is 7. The van der Waals surface area contributed by atoms with Crippen LogP contribution in [0.25, 0.3) is 0 Å². The molecule has 0 bridgehead atoms. The third kappa shape index (κ3) is 7.09. The number of aliphatic hydroxyl groups is 1. The summed E-state index contributed by atoms with van der Waals surface area (Å²) in [4.78, 5) is 11.8. The Bertz CT molecular complexity index is 432. The van der Waals surface area contributed by atoms with Gasteiger partial charge in [0.15, 0.2) is 0 Å². The predicted octanol–water partition coefficient (Wildman–Crippen LogP) is 2.46. The molecule has 3 N–H and O–H groups in total. The zero-order valence-corrected chi connectivity index (χ0v) is 12.9. The molecule has 1 rings (SSSR count). The van der Waals surface area contributed by atoms with Crippen LogP contribution in [0, 0.1) is 11.7 Å². The zero-order valence-electron chi connectivity index (χ0n) is 12.9. The van der Waals surface area contributed by atoms with E-state index >= 15 is 0 Å². The Morgan fingerprint density at radius 2 is 1.86 bits per heavy atom. The molecule has 118 valence electrons. The SMILES string of the molecule is CC(O)CCNC(=O)NC(Cc1ccc(F)cc1)C(C)C. The van der Waals surface area contributed by atoms with Crippen LogP contribution in [-0.2, 0) is 6.42 Å². The van der Waals surface area contributed by atoms with Gasteiger partial charge in [-0.3, -0.25) is 0 Å². The Labute approximate surface area is 125 Å². The molecule has 0 aromatic heterocycles. The molecule has 2 unspecified atom stereocenters. The Balaban J connectivity index is 2.49. The molecular weight excluding hydrogens is 271 g/mol. The van der Waals surface area contributed by atoms with Gasteiger partial charge in [0.2, 0.25) is 0 Å². The lowest BCUT2D eigenvalue weighted by Crippen LogP contribution is -2.46. The monoisotopic (exact) mass is 296 g/mol. The molecule has 0 aliphatic carbocycles. The minimum Gasteiger partial charge on any atom is -0.393 e. The number of hydrogen-bond acceptors (Lipinski definition) is 2. The lowest BCUT2D eigenvalue weighted by Gasteiger charge is -2.23. The van der Waals surface area contributed by atoms with Gasteiger partial charge in [-0.05, 0) is 43.4 Å². The van der Waals surface area contributed by atoms with E-state index in [1.165, 1.54) is 12.1 Å². The van der Waals surface area contributed by atoms with Crippen molar-refractivity contribution in [3.8, 4) is 0 Å². The molecule has 0 saturated heterocycles. The highest BCUT2D eigenvalue weighted by Crippen LogP contribution is 2.11. The summed E-state index contributed by atoms with van der Waals surface area (Å²) in [5, 5.41) is 14.8. The van der Waals surface area contributed by atoms with Crippen molar-refractivity contribution in [2.24, 2.45) is 5.92 Å². The summed E-state index contributed by atoms with van der Waals surface area (Å²) in [6.07, 6.45) is 0.755. The van der Waals surface area contributed by atoms with Gasteiger partial charge >= 0.3 is 6.03 Å². The maximum absolute atomic E-state index is 12.9. The molecule has 0 aliphatic heterocycles. The van der Waals surface area contributed by atoms with E-state index in [0.717, 1.165) is 5.56 Å². The lowest BCUT2D eigenvalue weighted by atomic mass is 9.96. The van der Waals surface area contributed by atoms with Gasteiger partial charge < -0.3 is 15.7 Å². The number of carbonyl (C=O) groups excluding carboxylic acids is 1. The number of carbonyl (C=O) groups is 1. The second-order valence-electron chi connectivity index (χ2n) is 5.72. The van der Waals surface area contributed by atoms with Crippen LogP contribution < -0.4 is 10.6 Å². The molecule has 2 amide bonds. The molecular formula is C16H25FN2O2. The number of hydrogen-bond donors (Lipinski definition) is 3. The number of benzene rings is 1. The molecule has 4 nitrogen and oxygen atoms in total. The molecule has 5 heteroatoms. The van der Waals surface area contributed by atoms with Crippen molar-refractivity contribution >= 4 is 6.03 Å². The van der Waals surface area contributed by atoms with Crippen LogP contribution in [-0.4, -0.2) is 29.8 Å². The first-order valence-corrected chi connectivity index (χ1v) is 7.35. The van der Waals surface area contributed by atoms with Gasteiger partial charge in [0.25, 0.3) is 0 Å². The summed E-state index contributed by atoms with van der Waals surface area (Å²) in [5.41, 5.74) is 0.986.